The highest BCUT2D eigenvalue weighted by Gasteiger charge is 2.20. The first-order chi connectivity index (χ1) is 6.18. The molecule has 0 aromatic carbocycles. The van der Waals surface area contributed by atoms with E-state index in [2.05, 4.69) is 43.1 Å². The molecule has 0 spiro atoms. The molecule has 0 bridgehead atoms. The number of hydrogen-bond donors (Lipinski definition) is 0. The number of rotatable bonds is 7. The predicted octanol–water partition coefficient (Wildman–Crippen LogP) is 4.23. The number of isothiocyanates is 1. The molecular weight excluding hydrogens is 178 g/mol. The molecule has 0 aromatic rings. The van der Waals surface area contributed by atoms with Gasteiger partial charge in [-0.25, -0.2) is 4.99 Å². The van der Waals surface area contributed by atoms with Gasteiger partial charge in [0.1, 0.15) is 0 Å². The fourth-order valence-corrected chi connectivity index (χ4v) is 1.68. The van der Waals surface area contributed by atoms with E-state index in [1.54, 1.807) is 0 Å². The van der Waals surface area contributed by atoms with Crippen LogP contribution in [0.1, 0.15) is 59.3 Å². The molecule has 0 heterocycles. The van der Waals surface area contributed by atoms with E-state index in [1.807, 2.05) is 0 Å². The summed E-state index contributed by atoms with van der Waals surface area (Å²) in [5, 5.41) is 2.53. The molecule has 0 N–H and O–H groups in total. The molecule has 0 atom stereocenters. The van der Waals surface area contributed by atoms with E-state index < -0.39 is 0 Å². The summed E-state index contributed by atoms with van der Waals surface area (Å²) in [6, 6.07) is 0. The van der Waals surface area contributed by atoms with Crippen LogP contribution in [0.4, 0.5) is 0 Å². The Kier molecular flexibility index (Phi) is 7.12. The van der Waals surface area contributed by atoms with Crippen molar-refractivity contribution in [3.05, 3.63) is 0 Å². The van der Waals surface area contributed by atoms with E-state index in [4.69, 9.17) is 0 Å². The predicted molar refractivity (Wildman–Crippen MR) is 62.5 cm³/mol. The van der Waals surface area contributed by atoms with Gasteiger partial charge in [0.2, 0.25) is 0 Å². The molecule has 13 heavy (non-hydrogen) atoms. The third-order valence-corrected chi connectivity index (χ3v) is 2.54. The molecule has 0 aliphatic heterocycles. The van der Waals surface area contributed by atoms with Crippen molar-refractivity contribution in [3.8, 4) is 0 Å². The van der Waals surface area contributed by atoms with Gasteiger partial charge in [-0.1, -0.05) is 39.5 Å². The van der Waals surface area contributed by atoms with Gasteiger partial charge in [0, 0.05) is 0 Å². The Hall–Kier alpha value is -0.200. The molecule has 0 aliphatic carbocycles. The summed E-state index contributed by atoms with van der Waals surface area (Å²) < 4.78 is 0. The average Bonchev–Trinajstić information content (AvgIpc) is 2.12. The highest BCUT2D eigenvalue weighted by Crippen LogP contribution is 2.24. The Morgan fingerprint density at radius 1 is 1.15 bits per heavy atom. The highest BCUT2D eigenvalue weighted by atomic mass is 32.1. The lowest BCUT2D eigenvalue weighted by molar-refractivity contribution is 0.381. The van der Waals surface area contributed by atoms with Crippen molar-refractivity contribution in [3.63, 3.8) is 0 Å². The van der Waals surface area contributed by atoms with Crippen molar-refractivity contribution in [2.24, 2.45) is 4.99 Å². The first-order valence-electron chi connectivity index (χ1n) is 5.27. The summed E-state index contributed by atoms with van der Waals surface area (Å²) in [5.41, 5.74) is 0.0633. The topological polar surface area (TPSA) is 12.4 Å². The van der Waals surface area contributed by atoms with Gasteiger partial charge >= 0.3 is 0 Å². The molecule has 0 unspecified atom stereocenters. The minimum Gasteiger partial charge on any atom is -0.226 e. The van der Waals surface area contributed by atoms with Crippen LogP contribution >= 0.6 is 12.2 Å². The fraction of sp³-hybridized carbons (Fsp3) is 0.909. The smallest absolute Gasteiger partial charge is 0.0683 e. The van der Waals surface area contributed by atoms with Crippen molar-refractivity contribution < 1.29 is 0 Å². The summed E-state index contributed by atoms with van der Waals surface area (Å²) >= 11 is 4.68. The normalized spacial score (nSPS) is 11.0. The molecular formula is C11H21NS. The van der Waals surface area contributed by atoms with Crippen LogP contribution in [-0.4, -0.2) is 10.7 Å². The second-order valence-corrected chi connectivity index (χ2v) is 4.09. The standard InChI is InChI=1S/C11H21NS/c1-4-6-8-11(3,12-10-13)9-7-5-2/h4-9H2,1-3H3. The van der Waals surface area contributed by atoms with Crippen molar-refractivity contribution >= 4 is 17.4 Å². The van der Waals surface area contributed by atoms with Gasteiger partial charge in [-0.15, -0.1) is 0 Å². The molecule has 0 rings (SSSR count). The Labute approximate surface area is 87.6 Å². The lowest BCUT2D eigenvalue weighted by Gasteiger charge is -2.23. The summed E-state index contributed by atoms with van der Waals surface area (Å²) in [4.78, 5) is 4.30. The quantitative estimate of drug-likeness (QED) is 0.441. The van der Waals surface area contributed by atoms with Gasteiger partial charge in [0.05, 0.1) is 10.7 Å². The Morgan fingerprint density at radius 3 is 1.92 bits per heavy atom. The maximum Gasteiger partial charge on any atom is 0.0683 e. The van der Waals surface area contributed by atoms with Gasteiger partial charge < -0.3 is 0 Å². The van der Waals surface area contributed by atoms with Gasteiger partial charge in [-0.05, 0) is 32.0 Å². The van der Waals surface area contributed by atoms with Crippen molar-refractivity contribution in [2.75, 3.05) is 0 Å². The number of aliphatic imine (C=N–C) groups is 1. The summed E-state index contributed by atoms with van der Waals surface area (Å²) in [6.07, 6.45) is 7.23. The van der Waals surface area contributed by atoms with E-state index >= 15 is 0 Å². The van der Waals surface area contributed by atoms with Crippen LogP contribution in [-0.2, 0) is 0 Å². The zero-order chi connectivity index (χ0) is 10.2. The highest BCUT2D eigenvalue weighted by molar-refractivity contribution is 7.78. The minimum atomic E-state index is 0.0633. The molecule has 0 amide bonds. The number of nitrogens with zero attached hydrogens (tertiary/aromatic N) is 1. The summed E-state index contributed by atoms with van der Waals surface area (Å²) in [5.74, 6) is 0. The zero-order valence-electron chi connectivity index (χ0n) is 9.10. The van der Waals surface area contributed by atoms with Gasteiger partial charge in [-0.2, -0.15) is 0 Å². The third-order valence-electron chi connectivity index (χ3n) is 2.45. The van der Waals surface area contributed by atoms with E-state index in [9.17, 15) is 0 Å². The zero-order valence-corrected chi connectivity index (χ0v) is 9.91. The monoisotopic (exact) mass is 199 g/mol. The lowest BCUT2D eigenvalue weighted by atomic mass is 9.90. The molecule has 0 radical (unpaired) electrons. The fourth-order valence-electron chi connectivity index (χ4n) is 1.46. The molecule has 0 aromatic heterocycles. The Balaban J connectivity index is 4.07. The van der Waals surface area contributed by atoms with E-state index in [0.717, 1.165) is 12.8 Å². The van der Waals surface area contributed by atoms with Crippen LogP contribution in [0.5, 0.6) is 0 Å². The number of hydrogen-bond acceptors (Lipinski definition) is 2. The largest absolute Gasteiger partial charge is 0.226 e. The van der Waals surface area contributed by atoms with Crippen LogP contribution in [0.2, 0.25) is 0 Å². The van der Waals surface area contributed by atoms with E-state index in [0.29, 0.717) is 0 Å². The maximum atomic E-state index is 4.68. The van der Waals surface area contributed by atoms with Crippen LogP contribution < -0.4 is 0 Å². The first kappa shape index (κ1) is 12.8. The average molecular weight is 199 g/mol. The lowest BCUT2D eigenvalue weighted by Crippen LogP contribution is -2.21. The Bertz CT molecular complexity index is 163. The summed E-state index contributed by atoms with van der Waals surface area (Å²) in [6.45, 7) is 6.61. The van der Waals surface area contributed by atoms with Crippen molar-refractivity contribution in [2.45, 2.75) is 64.8 Å². The number of thiocarbonyl (C=S) groups is 1. The second kappa shape index (κ2) is 7.23. The molecule has 0 aliphatic rings. The molecule has 0 saturated carbocycles. The van der Waals surface area contributed by atoms with Crippen molar-refractivity contribution in [1.29, 1.82) is 0 Å². The minimum absolute atomic E-state index is 0.0633. The van der Waals surface area contributed by atoms with Gasteiger partial charge in [0.15, 0.2) is 0 Å². The van der Waals surface area contributed by atoms with Crippen LogP contribution in [0.3, 0.4) is 0 Å². The van der Waals surface area contributed by atoms with E-state index in [1.165, 1.54) is 25.7 Å². The molecule has 76 valence electrons. The maximum absolute atomic E-state index is 4.68. The van der Waals surface area contributed by atoms with Crippen LogP contribution in [0.15, 0.2) is 4.99 Å². The SMILES string of the molecule is CCCCC(C)(CCCC)N=C=S. The second-order valence-electron chi connectivity index (χ2n) is 3.91. The van der Waals surface area contributed by atoms with Gasteiger partial charge in [-0.3, -0.25) is 0 Å². The molecule has 0 fully saturated rings. The van der Waals surface area contributed by atoms with Crippen LogP contribution in [0, 0.1) is 0 Å². The number of unbranched alkanes of at least 4 members (excludes halogenated alkanes) is 2. The van der Waals surface area contributed by atoms with Crippen molar-refractivity contribution in [1.82, 2.24) is 0 Å². The molecule has 1 nitrogen and oxygen atoms in total. The summed E-state index contributed by atoms with van der Waals surface area (Å²) in [7, 11) is 0. The Morgan fingerprint density at radius 2 is 1.62 bits per heavy atom. The van der Waals surface area contributed by atoms with Crippen LogP contribution in [0.25, 0.3) is 0 Å². The third kappa shape index (κ3) is 5.95. The van der Waals surface area contributed by atoms with Gasteiger partial charge in [0.25, 0.3) is 0 Å². The molecule has 0 saturated heterocycles. The molecule has 2 heteroatoms. The first-order valence-corrected chi connectivity index (χ1v) is 5.68. The van der Waals surface area contributed by atoms with E-state index in [-0.39, 0.29) is 5.54 Å².